The first-order chi connectivity index (χ1) is 18.8. The van der Waals surface area contributed by atoms with E-state index >= 15 is 0 Å². The van der Waals surface area contributed by atoms with E-state index in [4.69, 9.17) is 5.41 Å². The van der Waals surface area contributed by atoms with Crippen molar-refractivity contribution in [3.63, 3.8) is 0 Å². The van der Waals surface area contributed by atoms with Crippen LogP contribution in [-0.4, -0.2) is 71.2 Å². The Morgan fingerprint density at radius 3 is 2.50 bits per heavy atom. The van der Waals surface area contributed by atoms with Crippen LogP contribution >= 0.6 is 0 Å². The van der Waals surface area contributed by atoms with Crippen molar-refractivity contribution in [2.45, 2.75) is 44.6 Å². The molecule has 1 unspecified atom stereocenters. The number of hydrogen-bond donors (Lipinski definition) is 2. The van der Waals surface area contributed by atoms with Crippen LogP contribution in [0.4, 0.5) is 28.9 Å². The van der Waals surface area contributed by atoms with Crippen molar-refractivity contribution in [3.8, 4) is 0 Å². The van der Waals surface area contributed by atoms with Crippen molar-refractivity contribution in [1.29, 1.82) is 5.41 Å². The highest BCUT2D eigenvalue weighted by Crippen LogP contribution is 2.36. The van der Waals surface area contributed by atoms with Crippen molar-refractivity contribution < 1.29 is 26.0 Å². The van der Waals surface area contributed by atoms with Crippen molar-refractivity contribution in [3.05, 3.63) is 65.1 Å². The van der Waals surface area contributed by atoms with Crippen molar-refractivity contribution in [1.82, 2.24) is 24.2 Å². The molecule has 9 nitrogen and oxygen atoms in total. The third kappa shape index (κ3) is 6.34. The van der Waals surface area contributed by atoms with Crippen molar-refractivity contribution in [2.75, 3.05) is 31.5 Å². The summed E-state index contributed by atoms with van der Waals surface area (Å²) in [6.45, 7) is 4.68. The van der Waals surface area contributed by atoms with Crippen LogP contribution in [0.1, 0.15) is 36.6 Å². The molecule has 0 amide bonds. The maximum absolute atomic E-state index is 13.5. The van der Waals surface area contributed by atoms with Gasteiger partial charge in [-0.2, -0.15) is 27.4 Å². The minimum absolute atomic E-state index is 0.0108. The number of aryl methyl sites for hydroxylation is 2. The molecule has 3 aromatic rings. The van der Waals surface area contributed by atoms with Gasteiger partial charge in [0.05, 0.1) is 18.7 Å². The van der Waals surface area contributed by atoms with Gasteiger partial charge >= 0.3 is 6.18 Å². The third-order valence-corrected chi connectivity index (χ3v) is 8.73. The summed E-state index contributed by atoms with van der Waals surface area (Å²) in [5.74, 6) is -2.03. The summed E-state index contributed by atoms with van der Waals surface area (Å²) in [6.07, 6.45) is -2.14. The average molecular weight is 582 g/mol. The summed E-state index contributed by atoms with van der Waals surface area (Å²) < 4.78 is 82.0. The number of anilines is 2. The Balaban J connectivity index is 1.71. The van der Waals surface area contributed by atoms with Crippen LogP contribution in [-0.2, 0) is 16.6 Å². The monoisotopic (exact) mass is 581 g/mol. The first kappa shape index (κ1) is 29.6. The summed E-state index contributed by atoms with van der Waals surface area (Å²) in [5, 5.41) is 18.9. The van der Waals surface area contributed by atoms with Gasteiger partial charge in [0.2, 0.25) is 5.03 Å². The summed E-state index contributed by atoms with van der Waals surface area (Å²) in [6, 6.07) is 8.41. The molecule has 1 saturated heterocycles. The topological polar surface area (TPSA) is 107 Å². The molecule has 0 aliphatic carbocycles. The van der Waals surface area contributed by atoms with Gasteiger partial charge < -0.3 is 10.7 Å². The lowest BCUT2D eigenvalue weighted by Crippen LogP contribution is -2.52. The van der Waals surface area contributed by atoms with Gasteiger partial charge in [0.15, 0.2) is 0 Å². The largest absolute Gasteiger partial charge is 0.392 e. The number of hydrogen-bond acceptors (Lipinski definition) is 7. The maximum Gasteiger partial charge on any atom is 0.392 e. The molecule has 4 rings (SSSR count). The van der Waals surface area contributed by atoms with Gasteiger partial charge in [-0.3, -0.25) is 4.90 Å². The molecule has 14 heteroatoms. The Kier molecular flexibility index (Phi) is 8.61. The second-order valence-electron chi connectivity index (χ2n) is 9.76. The Morgan fingerprint density at radius 2 is 1.90 bits per heavy atom. The lowest BCUT2D eigenvalue weighted by molar-refractivity contribution is -0.176. The molecule has 1 aliphatic heterocycles. The highest BCUT2D eigenvalue weighted by molar-refractivity contribution is 7.89. The average Bonchev–Trinajstić information content (AvgIpc) is 3.40. The number of aromatic nitrogens is 3. The van der Waals surface area contributed by atoms with Gasteiger partial charge in [-0.1, -0.05) is 6.92 Å². The van der Waals surface area contributed by atoms with Gasteiger partial charge in [-0.15, -0.1) is 5.10 Å². The van der Waals surface area contributed by atoms with Crippen molar-refractivity contribution >= 4 is 27.6 Å². The van der Waals surface area contributed by atoms with E-state index in [1.54, 1.807) is 43.0 Å². The number of halogens is 4. The van der Waals surface area contributed by atoms with Crippen LogP contribution in [0.2, 0.25) is 0 Å². The number of alkyl halides is 3. The van der Waals surface area contributed by atoms with Crippen LogP contribution in [0.5, 0.6) is 0 Å². The lowest BCUT2D eigenvalue weighted by Gasteiger charge is -2.42. The van der Waals surface area contributed by atoms with E-state index in [9.17, 15) is 26.0 Å². The molecule has 2 atom stereocenters. The normalized spacial score (nSPS) is 18.0. The minimum atomic E-state index is -4.41. The summed E-state index contributed by atoms with van der Waals surface area (Å²) in [5.41, 5.74) is 2.89. The molecule has 1 fully saturated rings. The SMILES string of the molecule is CCn1ncc(S(=O)(=O)N2CCN(CC(C)C(F)(F)F)[C@@H](c3cc(C=N)c(Nc4ccc(F)cc4)cc3C)C2)n1. The van der Waals surface area contributed by atoms with Crippen LogP contribution in [0.15, 0.2) is 47.6 Å². The number of piperazine rings is 1. The molecule has 2 heterocycles. The summed E-state index contributed by atoms with van der Waals surface area (Å²) in [7, 11) is -4.05. The Morgan fingerprint density at radius 1 is 1.20 bits per heavy atom. The minimum Gasteiger partial charge on any atom is -0.355 e. The van der Waals surface area contributed by atoms with Crippen LogP contribution in [0, 0.1) is 24.1 Å². The van der Waals surface area contributed by atoms with Crippen LogP contribution < -0.4 is 5.32 Å². The molecule has 40 heavy (non-hydrogen) atoms. The smallest absolute Gasteiger partial charge is 0.355 e. The highest BCUT2D eigenvalue weighted by atomic mass is 32.2. The highest BCUT2D eigenvalue weighted by Gasteiger charge is 2.42. The zero-order valence-electron chi connectivity index (χ0n) is 22.3. The molecule has 1 aliphatic rings. The van der Waals surface area contributed by atoms with E-state index in [2.05, 4.69) is 15.5 Å². The van der Waals surface area contributed by atoms with Gasteiger partial charge in [-0.25, -0.2) is 12.8 Å². The van der Waals surface area contributed by atoms with Gasteiger partial charge in [0.1, 0.15) is 5.82 Å². The molecule has 216 valence electrons. The number of rotatable bonds is 9. The van der Waals surface area contributed by atoms with E-state index < -0.39 is 34.0 Å². The second kappa shape index (κ2) is 11.6. The van der Waals surface area contributed by atoms with E-state index in [1.165, 1.54) is 27.4 Å². The standard InChI is InChI=1S/C26H31F4N7O2S/c1-4-37-32-14-25(34-37)40(38,39)36-10-9-35(15-18(3)26(28,29)30)24(16-36)22-12-19(13-31)23(11-17(22)2)33-21-7-5-20(27)6-8-21/h5-8,11-14,18,24,31,33H,4,9-10,15-16H2,1-3H3/t18?,24-/m1/s1. The molecule has 1 aromatic heterocycles. The molecular formula is C26H31F4N7O2S. The van der Waals surface area contributed by atoms with Gasteiger partial charge in [0, 0.05) is 55.4 Å². The predicted molar refractivity (Wildman–Crippen MR) is 143 cm³/mol. The Hall–Kier alpha value is -3.36. The lowest BCUT2D eigenvalue weighted by atomic mass is 9.94. The number of sulfonamides is 1. The van der Waals surface area contributed by atoms with E-state index in [-0.39, 0.29) is 31.2 Å². The molecule has 0 spiro atoms. The zero-order chi connectivity index (χ0) is 29.2. The molecule has 0 radical (unpaired) electrons. The molecule has 0 bridgehead atoms. The predicted octanol–water partition coefficient (Wildman–Crippen LogP) is 4.73. The zero-order valence-corrected chi connectivity index (χ0v) is 23.1. The van der Waals surface area contributed by atoms with E-state index in [0.717, 1.165) is 13.1 Å². The van der Waals surface area contributed by atoms with Crippen molar-refractivity contribution in [2.24, 2.45) is 5.92 Å². The van der Waals surface area contributed by atoms with Gasteiger partial charge in [-0.05, 0) is 61.4 Å². The number of nitrogens with zero attached hydrogens (tertiary/aromatic N) is 5. The quantitative estimate of drug-likeness (QED) is 0.280. The Labute approximate surface area is 230 Å². The molecular weight excluding hydrogens is 550 g/mol. The van der Waals surface area contributed by atoms with E-state index in [0.29, 0.717) is 34.6 Å². The summed E-state index contributed by atoms with van der Waals surface area (Å²) in [4.78, 5) is 2.90. The molecule has 0 saturated carbocycles. The fraction of sp³-hybridized carbons (Fsp3) is 0.423. The fourth-order valence-corrected chi connectivity index (χ4v) is 5.99. The fourth-order valence-electron chi connectivity index (χ4n) is 4.68. The first-order valence-corrected chi connectivity index (χ1v) is 14.2. The summed E-state index contributed by atoms with van der Waals surface area (Å²) >= 11 is 0. The van der Waals surface area contributed by atoms with Gasteiger partial charge in [0.25, 0.3) is 10.0 Å². The molecule has 2 aromatic carbocycles. The van der Waals surface area contributed by atoms with Crippen LogP contribution in [0.25, 0.3) is 0 Å². The number of nitrogens with one attached hydrogen (secondary N) is 2. The Bertz CT molecular complexity index is 1460. The molecule has 2 N–H and O–H groups in total. The van der Waals surface area contributed by atoms with Crippen LogP contribution in [0.3, 0.4) is 0 Å². The number of benzene rings is 2. The maximum atomic E-state index is 13.5. The first-order valence-electron chi connectivity index (χ1n) is 12.7. The van der Waals surface area contributed by atoms with E-state index in [1.807, 2.05) is 0 Å². The second-order valence-corrected chi connectivity index (χ2v) is 11.6. The third-order valence-electron chi connectivity index (χ3n) is 7.00.